The smallest absolute Gasteiger partial charge is 0.0716 e. The van der Waals surface area contributed by atoms with Gasteiger partial charge in [0, 0.05) is 37.0 Å². The Kier molecular flexibility index (Phi) is 8.91. The normalized spacial score (nSPS) is 14.2. The second-order valence-electron chi connectivity index (χ2n) is 17.6. The van der Waals surface area contributed by atoms with Crippen molar-refractivity contribution in [2.45, 2.75) is 12.3 Å². The van der Waals surface area contributed by atoms with Gasteiger partial charge in [0.25, 0.3) is 0 Å². The van der Waals surface area contributed by atoms with E-state index in [1.165, 1.54) is 97.4 Å². The third-order valence-corrected chi connectivity index (χ3v) is 15.2. The standard InChI is InChI=1S/C64H43NS/c1-42-19-8-15-30-56(42)64(46-23-6-3-7-24-46)57-31-16-13-29-54(57)63-58(64)32-18-33-59(63)65(47-36-38-53-52-28-14-17-34-61(52)66-62(53)41-47)60-40-45(35-37-49(60)43-20-4-2-5-21-43)55-39-44-22-9-10-25-48(44)50-26-11-12-27-51(50)55/h2-41H,1H3. The molecule has 0 spiro atoms. The molecule has 0 fully saturated rings. The Hall–Kier alpha value is -8.04. The lowest BCUT2D eigenvalue weighted by Crippen LogP contribution is -2.29. The second kappa shape index (κ2) is 15.3. The van der Waals surface area contributed by atoms with E-state index in [2.05, 4.69) is 254 Å². The molecule has 0 amide bonds. The van der Waals surface area contributed by atoms with Crippen molar-refractivity contribution in [1.82, 2.24) is 0 Å². The third-order valence-electron chi connectivity index (χ3n) is 14.1. The number of benzene rings is 11. The molecule has 1 aromatic heterocycles. The van der Waals surface area contributed by atoms with Crippen LogP contribution in [0.1, 0.15) is 27.8 Å². The molecule has 1 aliphatic rings. The average molecular weight is 858 g/mol. The van der Waals surface area contributed by atoms with Gasteiger partial charge in [-0.15, -0.1) is 11.3 Å². The van der Waals surface area contributed by atoms with Crippen LogP contribution < -0.4 is 4.90 Å². The molecule has 0 saturated carbocycles. The van der Waals surface area contributed by atoms with E-state index in [4.69, 9.17) is 0 Å². The van der Waals surface area contributed by atoms with Crippen molar-refractivity contribution in [2.75, 3.05) is 4.90 Å². The van der Waals surface area contributed by atoms with Crippen LogP contribution in [0.4, 0.5) is 17.1 Å². The predicted octanol–water partition coefficient (Wildman–Crippen LogP) is 17.8. The molecule has 0 aliphatic heterocycles. The maximum Gasteiger partial charge on any atom is 0.0716 e. The monoisotopic (exact) mass is 857 g/mol. The van der Waals surface area contributed by atoms with Crippen molar-refractivity contribution in [3.8, 4) is 33.4 Å². The molecule has 1 aliphatic carbocycles. The minimum Gasteiger partial charge on any atom is -0.309 e. The maximum absolute atomic E-state index is 2.58. The SMILES string of the molecule is Cc1ccccc1C1(c2ccccc2)c2ccccc2-c2c(N(c3ccc4c(c3)sc3ccccc34)c3cc(-c4cc5ccccc5c5ccccc45)ccc3-c3ccccc3)cccc21. The molecule has 0 saturated heterocycles. The Labute approximate surface area is 389 Å². The van der Waals surface area contributed by atoms with Crippen molar-refractivity contribution in [3.05, 3.63) is 270 Å². The maximum atomic E-state index is 2.58. The van der Waals surface area contributed by atoms with Gasteiger partial charge >= 0.3 is 0 Å². The zero-order chi connectivity index (χ0) is 43.8. The average Bonchev–Trinajstić information content (AvgIpc) is 3.91. The summed E-state index contributed by atoms with van der Waals surface area (Å²) in [5.41, 5.74) is 16.5. The highest BCUT2D eigenvalue weighted by atomic mass is 32.1. The van der Waals surface area contributed by atoms with Crippen molar-refractivity contribution in [2.24, 2.45) is 0 Å². The number of nitrogens with zero attached hydrogens (tertiary/aromatic N) is 1. The fourth-order valence-corrected chi connectivity index (χ4v) is 12.4. The van der Waals surface area contributed by atoms with Crippen molar-refractivity contribution < 1.29 is 0 Å². The van der Waals surface area contributed by atoms with Gasteiger partial charge in [-0.3, -0.25) is 0 Å². The van der Waals surface area contributed by atoms with Crippen LogP contribution in [0.5, 0.6) is 0 Å². The molecule has 13 rings (SSSR count). The van der Waals surface area contributed by atoms with Crippen LogP contribution in [0, 0.1) is 6.92 Å². The van der Waals surface area contributed by atoms with Crippen LogP contribution in [0.15, 0.2) is 243 Å². The highest BCUT2D eigenvalue weighted by Crippen LogP contribution is 2.60. The summed E-state index contributed by atoms with van der Waals surface area (Å²) < 4.78 is 2.56. The molecule has 0 N–H and O–H groups in total. The van der Waals surface area contributed by atoms with E-state index < -0.39 is 5.41 Å². The number of fused-ring (bicyclic) bond motifs is 9. The van der Waals surface area contributed by atoms with E-state index in [1.54, 1.807) is 0 Å². The van der Waals surface area contributed by atoms with Gasteiger partial charge in [0.1, 0.15) is 0 Å². The summed E-state index contributed by atoms with van der Waals surface area (Å²) in [7, 11) is 0. The van der Waals surface area contributed by atoms with E-state index in [1.807, 2.05) is 11.3 Å². The Morgan fingerprint density at radius 2 is 1.02 bits per heavy atom. The molecule has 66 heavy (non-hydrogen) atoms. The quantitative estimate of drug-likeness (QED) is 0.144. The highest BCUT2D eigenvalue weighted by molar-refractivity contribution is 7.25. The van der Waals surface area contributed by atoms with Gasteiger partial charge in [0.2, 0.25) is 0 Å². The number of hydrogen-bond acceptors (Lipinski definition) is 2. The number of hydrogen-bond donors (Lipinski definition) is 0. The molecular weight excluding hydrogens is 815 g/mol. The molecule has 1 heterocycles. The van der Waals surface area contributed by atoms with Crippen molar-refractivity contribution in [3.63, 3.8) is 0 Å². The van der Waals surface area contributed by atoms with E-state index in [0.29, 0.717) is 0 Å². The third kappa shape index (κ3) is 5.78. The van der Waals surface area contributed by atoms with E-state index in [0.717, 1.165) is 22.6 Å². The van der Waals surface area contributed by atoms with Crippen LogP contribution in [-0.2, 0) is 5.41 Å². The summed E-state index contributed by atoms with van der Waals surface area (Å²) in [5, 5.41) is 7.59. The zero-order valence-electron chi connectivity index (χ0n) is 36.4. The molecule has 12 aromatic rings. The number of anilines is 3. The highest BCUT2D eigenvalue weighted by Gasteiger charge is 2.48. The minimum absolute atomic E-state index is 0.552. The van der Waals surface area contributed by atoms with Gasteiger partial charge in [0.05, 0.1) is 16.8 Å². The molecule has 0 radical (unpaired) electrons. The summed E-state index contributed by atoms with van der Waals surface area (Å²) in [6.07, 6.45) is 0. The molecule has 1 nitrogen and oxygen atoms in total. The Morgan fingerprint density at radius 3 is 1.85 bits per heavy atom. The lowest BCUT2D eigenvalue weighted by molar-refractivity contribution is 0.761. The van der Waals surface area contributed by atoms with Crippen LogP contribution in [0.2, 0.25) is 0 Å². The lowest BCUT2D eigenvalue weighted by Gasteiger charge is -2.35. The largest absolute Gasteiger partial charge is 0.309 e. The molecule has 0 bridgehead atoms. The molecule has 1 atom stereocenters. The van der Waals surface area contributed by atoms with Crippen LogP contribution in [0.3, 0.4) is 0 Å². The lowest BCUT2D eigenvalue weighted by atomic mass is 9.66. The molecular formula is C64H43NS. The molecule has 2 heteroatoms. The van der Waals surface area contributed by atoms with E-state index >= 15 is 0 Å². The topological polar surface area (TPSA) is 3.24 Å². The number of aryl methyl sites for hydroxylation is 1. The minimum atomic E-state index is -0.552. The van der Waals surface area contributed by atoms with Crippen molar-refractivity contribution >= 4 is 70.1 Å². The van der Waals surface area contributed by atoms with Gasteiger partial charge in [0.15, 0.2) is 0 Å². The van der Waals surface area contributed by atoms with E-state index in [9.17, 15) is 0 Å². The fourth-order valence-electron chi connectivity index (χ4n) is 11.2. The summed E-state index contributed by atoms with van der Waals surface area (Å²) in [6.45, 7) is 2.27. The fraction of sp³-hybridized carbons (Fsp3) is 0.0312. The first-order valence-electron chi connectivity index (χ1n) is 22.8. The summed E-state index contributed by atoms with van der Waals surface area (Å²) >= 11 is 1.87. The van der Waals surface area contributed by atoms with Crippen LogP contribution in [-0.4, -0.2) is 0 Å². The number of rotatable bonds is 7. The van der Waals surface area contributed by atoms with Crippen LogP contribution >= 0.6 is 11.3 Å². The predicted molar refractivity (Wildman–Crippen MR) is 282 cm³/mol. The van der Waals surface area contributed by atoms with Gasteiger partial charge in [-0.2, -0.15) is 0 Å². The summed E-state index contributed by atoms with van der Waals surface area (Å²) in [4.78, 5) is 2.58. The molecule has 310 valence electrons. The van der Waals surface area contributed by atoms with Crippen LogP contribution in [0.25, 0.3) is 75.1 Å². The number of thiophene rings is 1. The summed E-state index contributed by atoms with van der Waals surface area (Å²) in [5.74, 6) is 0. The van der Waals surface area contributed by atoms with Gasteiger partial charge in [-0.05, 0) is 115 Å². The van der Waals surface area contributed by atoms with E-state index in [-0.39, 0.29) is 0 Å². The van der Waals surface area contributed by atoms with Crippen molar-refractivity contribution in [1.29, 1.82) is 0 Å². The first-order valence-corrected chi connectivity index (χ1v) is 23.7. The summed E-state index contributed by atoms with van der Waals surface area (Å²) in [6, 6.07) is 90.4. The Morgan fingerprint density at radius 1 is 0.364 bits per heavy atom. The molecule has 11 aromatic carbocycles. The first-order chi connectivity index (χ1) is 32.7. The van der Waals surface area contributed by atoms with Gasteiger partial charge < -0.3 is 4.90 Å². The Bertz CT molecular complexity index is 3850. The second-order valence-corrected chi connectivity index (χ2v) is 18.7. The Balaban J connectivity index is 1.16. The van der Waals surface area contributed by atoms with Gasteiger partial charge in [-0.25, -0.2) is 0 Å². The molecule has 1 unspecified atom stereocenters. The first kappa shape index (κ1) is 38.4. The zero-order valence-corrected chi connectivity index (χ0v) is 37.3. The van der Waals surface area contributed by atoms with Gasteiger partial charge in [-0.1, -0.05) is 206 Å².